The van der Waals surface area contributed by atoms with Crippen LogP contribution in [-0.2, 0) is 9.53 Å². The molecule has 2 heterocycles. The number of carbonyl (C=O) groups excluding carboxylic acids is 2. The Morgan fingerprint density at radius 1 is 1.33 bits per heavy atom. The molecule has 1 aromatic heterocycles. The molecule has 1 aliphatic heterocycles. The molecule has 0 unspecified atom stereocenters. The summed E-state index contributed by atoms with van der Waals surface area (Å²) in [6.45, 7) is 1.03. The van der Waals surface area contributed by atoms with Gasteiger partial charge in [0, 0.05) is 36.7 Å². The lowest BCUT2D eigenvalue weighted by molar-refractivity contribution is -0.121. The number of amides is 2. The van der Waals surface area contributed by atoms with Gasteiger partial charge in [-0.3, -0.25) is 4.79 Å². The van der Waals surface area contributed by atoms with Gasteiger partial charge < -0.3 is 19.9 Å². The van der Waals surface area contributed by atoms with Crippen LogP contribution in [-0.4, -0.2) is 47.1 Å². The number of carbonyl (C=O) groups is 2. The third kappa shape index (κ3) is 3.56. The summed E-state index contributed by atoms with van der Waals surface area (Å²) in [4.78, 5) is 32.8. The van der Waals surface area contributed by atoms with E-state index in [4.69, 9.17) is 4.74 Å². The van der Waals surface area contributed by atoms with Gasteiger partial charge in [-0.15, -0.1) is 0 Å². The van der Waals surface area contributed by atoms with Crippen molar-refractivity contribution in [2.75, 3.05) is 25.5 Å². The quantitative estimate of drug-likeness (QED) is 0.906. The number of hydrogen-bond donors (Lipinski definition) is 2. The number of benzene rings is 1. The molecule has 1 atom stereocenters. The SMILES string of the molecule is COC(=O)N1CCC[C@H](C(=O)Nc2ccc(-c3ncc[nH]3)cc2)C1. The van der Waals surface area contributed by atoms with E-state index in [9.17, 15) is 9.59 Å². The van der Waals surface area contributed by atoms with E-state index in [1.165, 1.54) is 7.11 Å². The summed E-state index contributed by atoms with van der Waals surface area (Å²) in [5.41, 5.74) is 1.68. The van der Waals surface area contributed by atoms with Crippen molar-refractivity contribution in [1.29, 1.82) is 0 Å². The Hall–Kier alpha value is -2.83. The number of aromatic nitrogens is 2. The fourth-order valence-corrected chi connectivity index (χ4v) is 2.86. The van der Waals surface area contributed by atoms with E-state index in [1.54, 1.807) is 17.3 Å². The second kappa shape index (κ2) is 7.16. The summed E-state index contributed by atoms with van der Waals surface area (Å²) < 4.78 is 4.73. The molecule has 0 saturated carbocycles. The number of anilines is 1. The number of methoxy groups -OCH3 is 1. The standard InChI is InChI=1S/C17H20N4O3/c1-24-17(23)21-10-2-3-13(11-21)16(22)20-14-6-4-12(5-7-14)15-18-8-9-19-15/h4-9,13H,2-3,10-11H2,1H3,(H,18,19)(H,20,22)/t13-/m0/s1. The van der Waals surface area contributed by atoms with Gasteiger partial charge in [0.2, 0.25) is 5.91 Å². The summed E-state index contributed by atoms with van der Waals surface area (Å²) in [5, 5.41) is 2.91. The molecule has 3 rings (SSSR count). The predicted octanol–water partition coefficient (Wildman–Crippen LogP) is 2.49. The third-order valence-electron chi connectivity index (χ3n) is 4.15. The number of nitrogens with zero attached hydrogens (tertiary/aromatic N) is 2. The Kier molecular flexibility index (Phi) is 4.79. The van der Waals surface area contributed by atoms with Crippen molar-refractivity contribution in [2.45, 2.75) is 12.8 Å². The highest BCUT2D eigenvalue weighted by atomic mass is 16.5. The van der Waals surface area contributed by atoms with E-state index in [1.807, 2.05) is 24.3 Å². The first-order chi connectivity index (χ1) is 11.7. The zero-order valence-electron chi connectivity index (χ0n) is 13.5. The van der Waals surface area contributed by atoms with Crippen LogP contribution in [0.25, 0.3) is 11.4 Å². The van der Waals surface area contributed by atoms with Crippen molar-refractivity contribution in [1.82, 2.24) is 14.9 Å². The Morgan fingerprint density at radius 3 is 2.79 bits per heavy atom. The first kappa shape index (κ1) is 16.0. The van der Waals surface area contributed by atoms with Gasteiger partial charge in [0.15, 0.2) is 0 Å². The minimum absolute atomic E-state index is 0.0747. The predicted molar refractivity (Wildman–Crippen MR) is 89.4 cm³/mol. The zero-order chi connectivity index (χ0) is 16.9. The molecule has 2 amide bonds. The molecule has 0 radical (unpaired) electrons. The molecule has 2 aromatic rings. The normalized spacial score (nSPS) is 17.4. The highest BCUT2D eigenvalue weighted by Gasteiger charge is 2.28. The maximum atomic E-state index is 12.4. The Balaban J connectivity index is 1.61. The molecule has 7 heteroatoms. The molecule has 0 aliphatic carbocycles. The lowest BCUT2D eigenvalue weighted by Crippen LogP contribution is -2.43. The van der Waals surface area contributed by atoms with Crippen LogP contribution in [0.5, 0.6) is 0 Å². The number of piperidine rings is 1. The van der Waals surface area contributed by atoms with Gasteiger partial charge in [0.25, 0.3) is 0 Å². The fourth-order valence-electron chi connectivity index (χ4n) is 2.86. The first-order valence-corrected chi connectivity index (χ1v) is 7.91. The van der Waals surface area contributed by atoms with Crippen molar-refractivity contribution in [2.24, 2.45) is 5.92 Å². The lowest BCUT2D eigenvalue weighted by atomic mass is 9.97. The monoisotopic (exact) mass is 328 g/mol. The molecule has 2 N–H and O–H groups in total. The topological polar surface area (TPSA) is 87.3 Å². The van der Waals surface area contributed by atoms with Crippen molar-refractivity contribution in [3.63, 3.8) is 0 Å². The number of rotatable bonds is 3. The maximum Gasteiger partial charge on any atom is 0.409 e. The second-order valence-electron chi connectivity index (χ2n) is 5.76. The first-order valence-electron chi connectivity index (χ1n) is 7.91. The van der Waals surface area contributed by atoms with Gasteiger partial charge in [-0.05, 0) is 37.1 Å². The molecular formula is C17H20N4O3. The second-order valence-corrected chi connectivity index (χ2v) is 5.76. The highest BCUT2D eigenvalue weighted by Crippen LogP contribution is 2.21. The van der Waals surface area contributed by atoms with Crippen LogP contribution >= 0.6 is 0 Å². The lowest BCUT2D eigenvalue weighted by Gasteiger charge is -2.30. The van der Waals surface area contributed by atoms with Gasteiger partial charge in [-0.1, -0.05) is 0 Å². The maximum absolute atomic E-state index is 12.4. The molecule has 0 bridgehead atoms. The van der Waals surface area contributed by atoms with Crippen molar-refractivity contribution in [3.05, 3.63) is 36.7 Å². The zero-order valence-corrected chi connectivity index (χ0v) is 13.5. The molecule has 1 aliphatic rings. The van der Waals surface area contributed by atoms with E-state index >= 15 is 0 Å². The van der Waals surface area contributed by atoms with Crippen molar-refractivity contribution >= 4 is 17.7 Å². The van der Waals surface area contributed by atoms with Gasteiger partial charge in [-0.2, -0.15) is 0 Å². The summed E-state index contributed by atoms with van der Waals surface area (Å²) >= 11 is 0. The number of imidazole rings is 1. The average Bonchev–Trinajstić information content (AvgIpc) is 3.16. The molecular weight excluding hydrogens is 308 g/mol. The summed E-state index contributed by atoms with van der Waals surface area (Å²) in [5.74, 6) is 0.492. The Morgan fingerprint density at radius 2 is 2.12 bits per heavy atom. The number of likely N-dealkylation sites (tertiary alicyclic amines) is 1. The summed E-state index contributed by atoms with van der Waals surface area (Å²) in [6, 6.07) is 7.49. The van der Waals surface area contributed by atoms with E-state index in [-0.39, 0.29) is 17.9 Å². The van der Waals surface area contributed by atoms with Crippen LogP contribution in [0.3, 0.4) is 0 Å². The van der Waals surface area contributed by atoms with Gasteiger partial charge in [0.1, 0.15) is 5.82 Å². The molecule has 1 fully saturated rings. The van der Waals surface area contributed by atoms with Crippen LogP contribution in [0.15, 0.2) is 36.7 Å². The van der Waals surface area contributed by atoms with E-state index < -0.39 is 0 Å². The number of nitrogens with one attached hydrogen (secondary N) is 2. The number of hydrogen-bond acceptors (Lipinski definition) is 4. The van der Waals surface area contributed by atoms with Crippen LogP contribution in [0.2, 0.25) is 0 Å². The van der Waals surface area contributed by atoms with Gasteiger partial charge in [-0.25, -0.2) is 9.78 Å². The van der Waals surface area contributed by atoms with Crippen LogP contribution < -0.4 is 5.32 Å². The average molecular weight is 328 g/mol. The minimum Gasteiger partial charge on any atom is -0.453 e. The van der Waals surface area contributed by atoms with Gasteiger partial charge in [0.05, 0.1) is 13.0 Å². The highest BCUT2D eigenvalue weighted by molar-refractivity contribution is 5.93. The van der Waals surface area contributed by atoms with Crippen molar-refractivity contribution < 1.29 is 14.3 Å². The van der Waals surface area contributed by atoms with Crippen LogP contribution in [0.4, 0.5) is 10.5 Å². The fraction of sp³-hybridized carbons (Fsp3) is 0.353. The van der Waals surface area contributed by atoms with E-state index in [0.29, 0.717) is 13.1 Å². The van der Waals surface area contributed by atoms with E-state index in [0.717, 1.165) is 29.9 Å². The Bertz CT molecular complexity index is 697. The number of aromatic amines is 1. The van der Waals surface area contributed by atoms with E-state index in [2.05, 4.69) is 15.3 Å². The number of H-pyrrole nitrogens is 1. The van der Waals surface area contributed by atoms with Crippen LogP contribution in [0, 0.1) is 5.92 Å². The smallest absolute Gasteiger partial charge is 0.409 e. The largest absolute Gasteiger partial charge is 0.453 e. The molecule has 0 spiro atoms. The van der Waals surface area contributed by atoms with Gasteiger partial charge >= 0.3 is 6.09 Å². The Labute approximate surface area is 140 Å². The third-order valence-corrected chi connectivity index (χ3v) is 4.15. The number of ether oxygens (including phenoxy) is 1. The molecule has 1 aromatic carbocycles. The molecule has 126 valence electrons. The summed E-state index contributed by atoms with van der Waals surface area (Å²) in [7, 11) is 1.35. The van der Waals surface area contributed by atoms with Crippen LogP contribution in [0.1, 0.15) is 12.8 Å². The van der Waals surface area contributed by atoms with Crippen molar-refractivity contribution in [3.8, 4) is 11.4 Å². The molecule has 24 heavy (non-hydrogen) atoms. The minimum atomic E-state index is -0.379. The summed E-state index contributed by atoms with van der Waals surface area (Å²) in [6.07, 6.45) is 4.65. The molecule has 1 saturated heterocycles. The molecule has 7 nitrogen and oxygen atoms in total.